The van der Waals surface area contributed by atoms with Crippen LogP contribution in [0.4, 0.5) is 5.69 Å². The number of anilines is 1. The smallest absolute Gasteiger partial charge is 0.240 e. The second-order valence-electron chi connectivity index (χ2n) is 5.21. The van der Waals surface area contributed by atoms with Crippen molar-refractivity contribution in [2.75, 3.05) is 17.3 Å². The van der Waals surface area contributed by atoms with Crippen LogP contribution in [0.3, 0.4) is 0 Å². The molecule has 1 saturated carbocycles. The standard InChI is InChI=1S/C13H20N2O3S2/c1-10(9-19(2)16)14-11-5-7-13(8-6-11)20(17,18)15-12-3-4-12/h5-8,10,12,14-15H,3-4,9H2,1-2H3. The molecule has 7 heteroatoms. The van der Waals surface area contributed by atoms with Gasteiger partial charge in [-0.1, -0.05) is 0 Å². The lowest BCUT2D eigenvalue weighted by molar-refractivity contribution is 0.581. The third-order valence-corrected chi connectivity index (χ3v) is 5.47. The predicted molar refractivity (Wildman–Crippen MR) is 81.8 cm³/mol. The van der Waals surface area contributed by atoms with Crippen molar-refractivity contribution in [1.29, 1.82) is 0 Å². The van der Waals surface area contributed by atoms with Gasteiger partial charge >= 0.3 is 0 Å². The Labute approximate surface area is 122 Å². The van der Waals surface area contributed by atoms with Gasteiger partial charge in [0.1, 0.15) is 0 Å². The Morgan fingerprint density at radius 2 is 1.90 bits per heavy atom. The SMILES string of the molecule is CC(CS(C)=O)Nc1ccc(S(=O)(=O)NC2CC2)cc1. The van der Waals surface area contributed by atoms with Gasteiger partial charge in [-0.2, -0.15) is 0 Å². The van der Waals surface area contributed by atoms with Crippen molar-refractivity contribution in [1.82, 2.24) is 4.72 Å². The highest BCUT2D eigenvalue weighted by Crippen LogP contribution is 2.22. The molecule has 0 aromatic heterocycles. The third kappa shape index (κ3) is 4.57. The lowest BCUT2D eigenvalue weighted by atomic mass is 10.3. The van der Waals surface area contributed by atoms with Crippen LogP contribution in [0.25, 0.3) is 0 Å². The van der Waals surface area contributed by atoms with Gasteiger partial charge in [0.25, 0.3) is 0 Å². The number of benzene rings is 1. The van der Waals surface area contributed by atoms with Gasteiger partial charge < -0.3 is 5.32 Å². The van der Waals surface area contributed by atoms with E-state index < -0.39 is 20.8 Å². The molecular formula is C13H20N2O3S2. The number of hydrogen-bond acceptors (Lipinski definition) is 4. The average Bonchev–Trinajstić information content (AvgIpc) is 3.11. The van der Waals surface area contributed by atoms with E-state index in [0.717, 1.165) is 18.5 Å². The van der Waals surface area contributed by atoms with E-state index in [0.29, 0.717) is 5.75 Å². The second kappa shape index (κ2) is 6.24. The largest absolute Gasteiger partial charge is 0.382 e. The van der Waals surface area contributed by atoms with Crippen molar-refractivity contribution >= 4 is 26.5 Å². The fourth-order valence-electron chi connectivity index (χ4n) is 1.90. The van der Waals surface area contributed by atoms with Crippen LogP contribution in [0.2, 0.25) is 0 Å². The Morgan fingerprint density at radius 3 is 2.40 bits per heavy atom. The molecule has 0 radical (unpaired) electrons. The first-order chi connectivity index (χ1) is 9.37. The molecule has 1 fully saturated rings. The maximum absolute atomic E-state index is 12.0. The maximum atomic E-state index is 12.0. The lowest BCUT2D eigenvalue weighted by Crippen LogP contribution is -2.25. The number of rotatable bonds is 7. The average molecular weight is 316 g/mol. The van der Waals surface area contributed by atoms with Crippen molar-refractivity contribution in [3.8, 4) is 0 Å². The molecule has 2 atom stereocenters. The summed E-state index contributed by atoms with van der Waals surface area (Å²) in [5, 5.41) is 3.20. The van der Waals surface area contributed by atoms with E-state index >= 15 is 0 Å². The minimum atomic E-state index is -3.39. The Bertz CT molecular complexity index is 580. The summed E-state index contributed by atoms with van der Waals surface area (Å²) in [5.74, 6) is 0.559. The van der Waals surface area contributed by atoms with Gasteiger partial charge in [-0.25, -0.2) is 13.1 Å². The summed E-state index contributed by atoms with van der Waals surface area (Å²) in [6, 6.07) is 6.82. The third-order valence-electron chi connectivity index (χ3n) is 2.96. The lowest BCUT2D eigenvalue weighted by Gasteiger charge is -2.14. The van der Waals surface area contributed by atoms with Gasteiger partial charge in [0.05, 0.1) is 4.90 Å². The molecule has 5 nitrogen and oxygen atoms in total. The van der Waals surface area contributed by atoms with Gasteiger partial charge in [0.2, 0.25) is 10.0 Å². The van der Waals surface area contributed by atoms with Crippen LogP contribution in [0.1, 0.15) is 19.8 Å². The summed E-state index contributed by atoms with van der Waals surface area (Å²) >= 11 is 0. The normalized spacial score (nSPS) is 18.5. The van der Waals surface area contributed by atoms with Crippen LogP contribution in [-0.2, 0) is 20.8 Å². The Kier molecular flexibility index (Phi) is 4.82. The molecule has 20 heavy (non-hydrogen) atoms. The van der Waals surface area contributed by atoms with Crippen LogP contribution in [-0.4, -0.2) is 36.7 Å². The van der Waals surface area contributed by atoms with Crippen LogP contribution in [0.5, 0.6) is 0 Å². The van der Waals surface area contributed by atoms with Gasteiger partial charge in [-0.05, 0) is 44.0 Å². The molecule has 0 spiro atoms. The molecule has 1 aromatic carbocycles. The quantitative estimate of drug-likeness (QED) is 0.795. The van der Waals surface area contributed by atoms with E-state index in [-0.39, 0.29) is 17.0 Å². The molecule has 0 heterocycles. The highest BCUT2D eigenvalue weighted by molar-refractivity contribution is 7.89. The number of hydrogen-bond donors (Lipinski definition) is 2. The molecule has 0 aliphatic heterocycles. The van der Waals surface area contributed by atoms with E-state index in [2.05, 4.69) is 10.0 Å². The second-order valence-corrected chi connectivity index (χ2v) is 8.40. The van der Waals surface area contributed by atoms with E-state index in [4.69, 9.17) is 0 Å². The van der Waals surface area contributed by atoms with Gasteiger partial charge in [0, 0.05) is 40.6 Å². The summed E-state index contributed by atoms with van der Waals surface area (Å²) in [6.45, 7) is 1.95. The Hall–Kier alpha value is -0.920. The van der Waals surface area contributed by atoms with Gasteiger partial charge in [-0.15, -0.1) is 0 Å². The van der Waals surface area contributed by atoms with Crippen molar-refractivity contribution < 1.29 is 12.6 Å². The first-order valence-electron chi connectivity index (χ1n) is 6.56. The van der Waals surface area contributed by atoms with Crippen LogP contribution in [0.15, 0.2) is 29.2 Å². The summed E-state index contributed by atoms with van der Waals surface area (Å²) in [4.78, 5) is 0.279. The molecule has 2 N–H and O–H groups in total. The zero-order chi connectivity index (χ0) is 14.8. The van der Waals surface area contributed by atoms with Crippen LogP contribution in [0, 0.1) is 0 Å². The summed E-state index contributed by atoms with van der Waals surface area (Å²) in [6.07, 6.45) is 3.51. The monoisotopic (exact) mass is 316 g/mol. The van der Waals surface area contributed by atoms with E-state index in [1.807, 2.05) is 6.92 Å². The van der Waals surface area contributed by atoms with Crippen molar-refractivity contribution in [3.63, 3.8) is 0 Å². The fourth-order valence-corrected chi connectivity index (χ4v) is 3.99. The number of nitrogens with one attached hydrogen (secondary N) is 2. The summed E-state index contributed by atoms with van der Waals surface area (Å²) in [5.41, 5.74) is 0.827. The Balaban J connectivity index is 2.00. The molecule has 112 valence electrons. The molecule has 2 unspecified atom stereocenters. The highest BCUT2D eigenvalue weighted by atomic mass is 32.2. The first kappa shape index (κ1) is 15.5. The molecule has 1 aliphatic carbocycles. The molecule has 0 saturated heterocycles. The molecule has 1 aliphatic rings. The van der Waals surface area contributed by atoms with E-state index in [1.54, 1.807) is 30.5 Å². The van der Waals surface area contributed by atoms with Crippen molar-refractivity contribution in [3.05, 3.63) is 24.3 Å². The molecule has 1 aromatic rings. The Morgan fingerprint density at radius 1 is 1.30 bits per heavy atom. The van der Waals surface area contributed by atoms with Crippen molar-refractivity contribution in [2.24, 2.45) is 0 Å². The van der Waals surface area contributed by atoms with Crippen LogP contribution >= 0.6 is 0 Å². The topological polar surface area (TPSA) is 75.3 Å². The highest BCUT2D eigenvalue weighted by Gasteiger charge is 2.27. The summed E-state index contributed by atoms with van der Waals surface area (Å²) in [7, 11) is -4.24. The van der Waals surface area contributed by atoms with E-state index in [9.17, 15) is 12.6 Å². The minimum Gasteiger partial charge on any atom is -0.382 e. The maximum Gasteiger partial charge on any atom is 0.240 e. The zero-order valence-corrected chi connectivity index (χ0v) is 13.3. The molecule has 2 rings (SSSR count). The number of sulfonamides is 1. The van der Waals surface area contributed by atoms with Crippen molar-refractivity contribution in [2.45, 2.75) is 36.7 Å². The van der Waals surface area contributed by atoms with Gasteiger partial charge in [-0.3, -0.25) is 4.21 Å². The fraction of sp³-hybridized carbons (Fsp3) is 0.538. The summed E-state index contributed by atoms with van der Waals surface area (Å²) < 4.78 is 37.7. The molecule has 0 amide bonds. The first-order valence-corrected chi connectivity index (χ1v) is 9.77. The minimum absolute atomic E-state index is 0.0767. The predicted octanol–water partition coefficient (Wildman–Crippen LogP) is 1.31. The van der Waals surface area contributed by atoms with E-state index in [1.165, 1.54) is 0 Å². The zero-order valence-electron chi connectivity index (χ0n) is 11.6. The van der Waals surface area contributed by atoms with Crippen LogP contribution < -0.4 is 10.0 Å². The molecular weight excluding hydrogens is 296 g/mol. The molecule has 0 bridgehead atoms. The van der Waals surface area contributed by atoms with Gasteiger partial charge in [0.15, 0.2) is 0 Å².